The van der Waals surface area contributed by atoms with Crippen LogP contribution in [0.25, 0.3) is 0 Å². The van der Waals surface area contributed by atoms with Crippen LogP contribution in [0.5, 0.6) is 0 Å². The van der Waals surface area contributed by atoms with Gasteiger partial charge in [-0.25, -0.2) is 0 Å². The average Bonchev–Trinajstić information content (AvgIpc) is 2.12. The van der Waals surface area contributed by atoms with E-state index >= 15 is 0 Å². The van der Waals surface area contributed by atoms with Crippen LogP contribution in [0, 0.1) is 0 Å². The van der Waals surface area contributed by atoms with E-state index in [9.17, 15) is 0 Å². The monoisotopic (exact) mass is 188 g/mol. The molecule has 0 aromatic carbocycles. The molecule has 2 heteroatoms. The number of hydrogen-bond donors (Lipinski definition) is 0. The molecule has 80 valence electrons. The van der Waals surface area contributed by atoms with Crippen molar-refractivity contribution in [1.82, 2.24) is 0 Å². The van der Waals surface area contributed by atoms with Crippen LogP contribution in [0.15, 0.2) is 0 Å². The van der Waals surface area contributed by atoms with Gasteiger partial charge in [-0.15, -0.1) is 0 Å². The van der Waals surface area contributed by atoms with E-state index in [2.05, 4.69) is 34.9 Å². The van der Waals surface area contributed by atoms with Gasteiger partial charge < -0.3 is 9.22 Å². The first-order valence-electron chi connectivity index (χ1n) is 5.48. The van der Waals surface area contributed by atoms with Gasteiger partial charge in [0.25, 0.3) is 0 Å². The van der Waals surface area contributed by atoms with Gasteiger partial charge in [0.2, 0.25) is 0 Å². The van der Waals surface area contributed by atoms with Crippen molar-refractivity contribution in [3.8, 4) is 0 Å². The fourth-order valence-corrected chi connectivity index (χ4v) is 1.06. The second-order valence-corrected chi connectivity index (χ2v) is 4.27. The molecule has 0 bridgehead atoms. The summed E-state index contributed by atoms with van der Waals surface area (Å²) in [5, 5.41) is 0. The Balaban J connectivity index is 3.55. The molecule has 0 radical (unpaired) electrons. The second kappa shape index (κ2) is 6.39. The summed E-state index contributed by atoms with van der Waals surface area (Å²) in [6.45, 7) is 8.61. The first-order valence-corrected chi connectivity index (χ1v) is 5.48. The molecule has 1 atom stereocenters. The Labute approximate surface area is 83.5 Å². The maximum Gasteiger partial charge on any atom is 0.189 e. The van der Waals surface area contributed by atoms with E-state index < -0.39 is 0 Å². The van der Waals surface area contributed by atoms with Crippen molar-refractivity contribution in [3.63, 3.8) is 0 Å². The lowest BCUT2D eigenvalue weighted by atomic mass is 10.3. The minimum atomic E-state index is 0.321. The van der Waals surface area contributed by atoms with Crippen LogP contribution in [0.3, 0.4) is 0 Å². The van der Waals surface area contributed by atoms with Crippen molar-refractivity contribution in [2.45, 2.75) is 46.3 Å². The van der Waals surface area contributed by atoms with Crippen molar-refractivity contribution in [2.24, 2.45) is 0 Å². The number of nitrogens with zero attached hydrogens (tertiary/aromatic N) is 1. The van der Waals surface area contributed by atoms with Gasteiger partial charge in [0.05, 0.1) is 27.2 Å². The van der Waals surface area contributed by atoms with Crippen LogP contribution in [0.2, 0.25) is 0 Å². The van der Waals surface area contributed by atoms with Gasteiger partial charge in [0, 0.05) is 6.92 Å². The Morgan fingerprint density at radius 3 is 2.23 bits per heavy atom. The molecule has 0 heterocycles. The fourth-order valence-electron chi connectivity index (χ4n) is 1.06. The van der Waals surface area contributed by atoms with E-state index in [-0.39, 0.29) is 0 Å². The van der Waals surface area contributed by atoms with E-state index in [1.807, 2.05) is 0 Å². The van der Waals surface area contributed by atoms with Crippen LogP contribution in [-0.4, -0.2) is 38.0 Å². The van der Waals surface area contributed by atoms with Crippen molar-refractivity contribution in [2.75, 3.05) is 27.2 Å². The normalized spacial score (nSPS) is 14.5. The van der Waals surface area contributed by atoms with E-state index in [1.165, 1.54) is 19.3 Å². The summed E-state index contributed by atoms with van der Waals surface area (Å²) >= 11 is 0. The zero-order valence-corrected chi connectivity index (χ0v) is 9.97. The molecule has 0 fully saturated rings. The molecule has 2 nitrogen and oxygen atoms in total. The molecule has 0 N–H and O–H groups in total. The van der Waals surface area contributed by atoms with Gasteiger partial charge in [-0.05, 0) is 13.3 Å². The van der Waals surface area contributed by atoms with Gasteiger partial charge in [0.1, 0.15) is 0 Å². The fraction of sp³-hybridized carbons (Fsp3) is 1.00. The van der Waals surface area contributed by atoms with Crippen molar-refractivity contribution < 1.29 is 9.22 Å². The third-order valence-electron chi connectivity index (χ3n) is 2.91. The number of ether oxygens (including phenoxy) is 1. The van der Waals surface area contributed by atoms with Gasteiger partial charge in [-0.1, -0.05) is 19.8 Å². The Kier molecular flexibility index (Phi) is 6.35. The molecule has 0 aliphatic heterocycles. The summed E-state index contributed by atoms with van der Waals surface area (Å²) in [7, 11) is 4.43. The second-order valence-electron chi connectivity index (χ2n) is 4.27. The molecule has 1 unspecified atom stereocenters. The number of rotatable bonds is 7. The van der Waals surface area contributed by atoms with Crippen LogP contribution in [-0.2, 0) is 4.74 Å². The summed E-state index contributed by atoms with van der Waals surface area (Å²) < 4.78 is 6.72. The molecule has 0 saturated heterocycles. The SMILES string of the molecule is CCCCCOC(C)[N+](C)(C)CC. The molecule has 0 aliphatic rings. The highest BCUT2D eigenvalue weighted by Crippen LogP contribution is 2.08. The quantitative estimate of drug-likeness (QED) is 0.339. The lowest BCUT2D eigenvalue weighted by molar-refractivity contribution is -0.933. The van der Waals surface area contributed by atoms with Crippen LogP contribution < -0.4 is 0 Å². The summed E-state index contributed by atoms with van der Waals surface area (Å²) in [4.78, 5) is 0. The molecule has 0 aliphatic carbocycles. The van der Waals surface area contributed by atoms with E-state index in [1.54, 1.807) is 0 Å². The molecule has 0 rings (SSSR count). The molecule has 13 heavy (non-hydrogen) atoms. The first-order chi connectivity index (χ1) is 6.04. The van der Waals surface area contributed by atoms with E-state index in [0.29, 0.717) is 6.23 Å². The zero-order valence-electron chi connectivity index (χ0n) is 9.97. The van der Waals surface area contributed by atoms with Crippen molar-refractivity contribution >= 4 is 0 Å². The summed E-state index contributed by atoms with van der Waals surface area (Å²) in [6.07, 6.45) is 4.07. The zero-order chi connectivity index (χ0) is 10.3. The number of unbranched alkanes of at least 4 members (excludes halogenated alkanes) is 2. The van der Waals surface area contributed by atoms with E-state index in [0.717, 1.165) is 17.6 Å². The largest absolute Gasteiger partial charge is 0.329 e. The molecule has 0 amide bonds. The van der Waals surface area contributed by atoms with Gasteiger partial charge >= 0.3 is 0 Å². The highest BCUT2D eigenvalue weighted by molar-refractivity contribution is 4.38. The first kappa shape index (κ1) is 12.9. The van der Waals surface area contributed by atoms with Gasteiger partial charge in [0.15, 0.2) is 6.23 Å². The minimum Gasteiger partial charge on any atom is -0.329 e. The lowest BCUT2D eigenvalue weighted by Gasteiger charge is -2.34. The lowest BCUT2D eigenvalue weighted by Crippen LogP contribution is -2.48. The molecule has 0 spiro atoms. The standard InChI is InChI=1S/C11H26NO/c1-6-8-9-10-13-11(3)12(4,5)7-2/h11H,6-10H2,1-5H3/q+1. The Hall–Kier alpha value is -0.0800. The predicted octanol–water partition coefficient (Wildman–Crippen LogP) is 2.64. The van der Waals surface area contributed by atoms with Crippen molar-refractivity contribution in [3.05, 3.63) is 0 Å². The number of quaternary nitrogens is 1. The van der Waals surface area contributed by atoms with Crippen LogP contribution in [0.1, 0.15) is 40.0 Å². The third kappa shape index (κ3) is 5.27. The molecular weight excluding hydrogens is 162 g/mol. The minimum absolute atomic E-state index is 0.321. The smallest absolute Gasteiger partial charge is 0.189 e. The molecule has 0 aromatic heterocycles. The van der Waals surface area contributed by atoms with Crippen LogP contribution >= 0.6 is 0 Å². The van der Waals surface area contributed by atoms with Crippen LogP contribution in [0.4, 0.5) is 0 Å². The Morgan fingerprint density at radius 1 is 1.15 bits per heavy atom. The van der Waals surface area contributed by atoms with Crippen molar-refractivity contribution in [1.29, 1.82) is 0 Å². The Morgan fingerprint density at radius 2 is 1.77 bits per heavy atom. The highest BCUT2D eigenvalue weighted by atomic mass is 16.5. The summed E-state index contributed by atoms with van der Waals surface area (Å²) in [5.41, 5.74) is 0. The van der Waals surface area contributed by atoms with Gasteiger partial charge in [-0.2, -0.15) is 0 Å². The maximum atomic E-state index is 5.77. The molecular formula is C11H26NO+. The maximum absolute atomic E-state index is 5.77. The predicted molar refractivity (Wildman–Crippen MR) is 57.6 cm³/mol. The summed E-state index contributed by atoms with van der Waals surface area (Å²) in [6, 6.07) is 0. The summed E-state index contributed by atoms with van der Waals surface area (Å²) in [5.74, 6) is 0. The van der Waals surface area contributed by atoms with E-state index in [4.69, 9.17) is 4.74 Å². The average molecular weight is 188 g/mol. The third-order valence-corrected chi connectivity index (χ3v) is 2.91. The van der Waals surface area contributed by atoms with Gasteiger partial charge in [-0.3, -0.25) is 0 Å². The Bertz CT molecular complexity index is 123. The highest BCUT2D eigenvalue weighted by Gasteiger charge is 2.21. The molecule has 0 aromatic rings. The topological polar surface area (TPSA) is 9.23 Å². The number of hydrogen-bond acceptors (Lipinski definition) is 1. The molecule has 0 saturated carbocycles.